The molecule has 0 radical (unpaired) electrons. The maximum atomic E-state index is 12.7. The third-order valence-electron chi connectivity index (χ3n) is 5.31. The predicted molar refractivity (Wildman–Crippen MR) is 118 cm³/mol. The molecule has 1 amide bonds. The first kappa shape index (κ1) is 19.0. The second kappa shape index (κ2) is 8.04. The van der Waals surface area contributed by atoms with E-state index in [4.69, 9.17) is 4.42 Å². The molecule has 0 unspecified atom stereocenters. The summed E-state index contributed by atoms with van der Waals surface area (Å²) in [6, 6.07) is 13.3. The molecular formula is C22H20BrN5O2. The van der Waals surface area contributed by atoms with Gasteiger partial charge in [-0.05, 0) is 77.8 Å². The van der Waals surface area contributed by atoms with Crippen LogP contribution in [0.4, 0.5) is 5.82 Å². The zero-order chi connectivity index (χ0) is 20.5. The lowest BCUT2D eigenvalue weighted by atomic mass is 10.1. The number of pyridine rings is 1. The SMILES string of the molecule is O=C(Nc1n[nH]c2nc(-c3ccco3)c(Br)cc12)c1ccc(CN2CCCC2)cc1. The van der Waals surface area contributed by atoms with Crippen molar-refractivity contribution in [3.63, 3.8) is 0 Å². The first-order valence-electron chi connectivity index (χ1n) is 9.88. The monoisotopic (exact) mass is 465 g/mol. The van der Waals surface area contributed by atoms with Gasteiger partial charge < -0.3 is 9.73 Å². The number of H-pyrrole nitrogens is 1. The smallest absolute Gasteiger partial charge is 0.256 e. The number of carbonyl (C=O) groups excluding carboxylic acids is 1. The Hall–Kier alpha value is -2.97. The van der Waals surface area contributed by atoms with E-state index < -0.39 is 0 Å². The van der Waals surface area contributed by atoms with E-state index in [2.05, 4.69) is 41.3 Å². The van der Waals surface area contributed by atoms with Crippen molar-refractivity contribution in [2.75, 3.05) is 18.4 Å². The summed E-state index contributed by atoms with van der Waals surface area (Å²) in [4.78, 5) is 19.7. The molecule has 1 fully saturated rings. The maximum absolute atomic E-state index is 12.7. The number of anilines is 1. The number of hydrogen-bond donors (Lipinski definition) is 2. The largest absolute Gasteiger partial charge is 0.463 e. The van der Waals surface area contributed by atoms with Gasteiger partial charge in [-0.25, -0.2) is 4.98 Å². The Bertz CT molecular complexity index is 1180. The molecule has 8 heteroatoms. The van der Waals surface area contributed by atoms with Crippen molar-refractivity contribution < 1.29 is 9.21 Å². The predicted octanol–water partition coefficient (Wildman–Crippen LogP) is 4.83. The normalized spacial score (nSPS) is 14.4. The number of fused-ring (bicyclic) bond motifs is 1. The number of amides is 1. The molecule has 4 aromatic rings. The molecule has 4 heterocycles. The molecular weight excluding hydrogens is 446 g/mol. The van der Waals surface area contributed by atoms with Crippen LogP contribution in [-0.4, -0.2) is 39.1 Å². The van der Waals surface area contributed by atoms with Gasteiger partial charge in [-0.15, -0.1) is 0 Å². The van der Waals surface area contributed by atoms with Gasteiger partial charge in [0, 0.05) is 16.6 Å². The van der Waals surface area contributed by atoms with Crippen molar-refractivity contribution in [2.45, 2.75) is 19.4 Å². The molecule has 3 aromatic heterocycles. The Labute approximate surface area is 181 Å². The third-order valence-corrected chi connectivity index (χ3v) is 5.92. The highest BCUT2D eigenvalue weighted by atomic mass is 79.9. The fourth-order valence-electron chi connectivity index (χ4n) is 3.75. The molecule has 0 bridgehead atoms. The van der Waals surface area contributed by atoms with Crippen LogP contribution < -0.4 is 5.32 Å². The molecule has 7 nitrogen and oxygen atoms in total. The van der Waals surface area contributed by atoms with Crippen LogP contribution >= 0.6 is 15.9 Å². The zero-order valence-corrected chi connectivity index (χ0v) is 17.8. The minimum Gasteiger partial charge on any atom is -0.463 e. The lowest BCUT2D eigenvalue weighted by Gasteiger charge is -2.14. The van der Waals surface area contributed by atoms with Gasteiger partial charge in [0.15, 0.2) is 17.2 Å². The highest BCUT2D eigenvalue weighted by Crippen LogP contribution is 2.31. The van der Waals surface area contributed by atoms with Gasteiger partial charge in [-0.2, -0.15) is 5.10 Å². The number of aromatic nitrogens is 3. The van der Waals surface area contributed by atoms with Crippen LogP contribution in [0.25, 0.3) is 22.5 Å². The van der Waals surface area contributed by atoms with Gasteiger partial charge in [0.2, 0.25) is 0 Å². The molecule has 0 aliphatic carbocycles. The van der Waals surface area contributed by atoms with E-state index in [9.17, 15) is 4.79 Å². The van der Waals surface area contributed by atoms with E-state index in [0.717, 1.165) is 29.5 Å². The quantitative estimate of drug-likeness (QED) is 0.440. The van der Waals surface area contributed by atoms with E-state index in [1.54, 1.807) is 6.26 Å². The maximum Gasteiger partial charge on any atom is 0.256 e. The molecule has 0 spiro atoms. The Balaban J connectivity index is 1.33. The van der Waals surface area contributed by atoms with Crippen LogP contribution in [-0.2, 0) is 6.54 Å². The summed E-state index contributed by atoms with van der Waals surface area (Å²) in [5.74, 6) is 0.885. The van der Waals surface area contributed by atoms with Crippen molar-refractivity contribution in [1.29, 1.82) is 0 Å². The molecule has 30 heavy (non-hydrogen) atoms. The van der Waals surface area contributed by atoms with Gasteiger partial charge in [0.05, 0.1) is 11.6 Å². The van der Waals surface area contributed by atoms with Crippen LogP contribution in [0.15, 0.2) is 57.6 Å². The Morgan fingerprint density at radius 1 is 1.20 bits per heavy atom. The number of aromatic amines is 1. The standard InChI is InChI=1S/C22H20BrN5O2/c23-17-12-16-20(24-19(17)18-4-3-11-30-18)26-27-21(16)25-22(29)15-7-5-14(6-8-15)13-28-9-1-2-10-28/h3-8,11-12H,1-2,9-10,13H2,(H2,24,25,26,27,29). The van der Waals surface area contributed by atoms with E-state index in [1.165, 1.54) is 18.4 Å². The first-order valence-corrected chi connectivity index (χ1v) is 10.7. The number of hydrogen-bond acceptors (Lipinski definition) is 5. The fraction of sp³-hybridized carbons (Fsp3) is 0.227. The Morgan fingerprint density at radius 2 is 2.00 bits per heavy atom. The zero-order valence-electron chi connectivity index (χ0n) is 16.2. The number of halogens is 1. The molecule has 2 N–H and O–H groups in total. The van der Waals surface area contributed by atoms with E-state index in [-0.39, 0.29) is 5.91 Å². The van der Waals surface area contributed by atoms with Crippen LogP contribution in [0.3, 0.4) is 0 Å². The number of carbonyl (C=O) groups is 1. The number of nitrogens with zero attached hydrogens (tertiary/aromatic N) is 3. The van der Waals surface area contributed by atoms with Gasteiger partial charge >= 0.3 is 0 Å². The Morgan fingerprint density at radius 3 is 2.73 bits per heavy atom. The molecule has 1 aliphatic rings. The van der Waals surface area contributed by atoms with Crippen molar-refractivity contribution in [1.82, 2.24) is 20.1 Å². The van der Waals surface area contributed by atoms with Crippen molar-refractivity contribution in [2.24, 2.45) is 0 Å². The topological polar surface area (TPSA) is 87.0 Å². The van der Waals surface area contributed by atoms with Gasteiger partial charge in [-0.1, -0.05) is 12.1 Å². The molecule has 1 aromatic carbocycles. The number of rotatable bonds is 5. The number of nitrogens with one attached hydrogen (secondary N) is 2. The van der Waals surface area contributed by atoms with Crippen LogP contribution in [0.1, 0.15) is 28.8 Å². The summed E-state index contributed by atoms with van der Waals surface area (Å²) in [6.07, 6.45) is 4.14. The van der Waals surface area contributed by atoms with E-state index in [0.29, 0.717) is 28.5 Å². The summed E-state index contributed by atoms with van der Waals surface area (Å²) in [5.41, 5.74) is 3.05. The van der Waals surface area contributed by atoms with Gasteiger partial charge in [0.25, 0.3) is 5.91 Å². The van der Waals surface area contributed by atoms with Crippen molar-refractivity contribution in [3.8, 4) is 11.5 Å². The molecule has 0 saturated carbocycles. The molecule has 1 aliphatic heterocycles. The summed E-state index contributed by atoms with van der Waals surface area (Å²) in [6.45, 7) is 3.24. The van der Waals surface area contributed by atoms with Crippen molar-refractivity contribution >= 4 is 38.7 Å². The van der Waals surface area contributed by atoms with E-state index in [1.807, 2.05) is 42.5 Å². The Kier molecular flexibility index (Phi) is 5.10. The van der Waals surface area contributed by atoms with Gasteiger partial charge in [-0.3, -0.25) is 14.8 Å². The molecule has 0 atom stereocenters. The van der Waals surface area contributed by atoms with Crippen molar-refractivity contribution in [3.05, 3.63) is 64.3 Å². The number of likely N-dealkylation sites (tertiary alicyclic amines) is 1. The average Bonchev–Trinajstić information content (AvgIpc) is 3.51. The van der Waals surface area contributed by atoms with Crippen LogP contribution in [0, 0.1) is 0 Å². The summed E-state index contributed by atoms with van der Waals surface area (Å²) in [7, 11) is 0. The number of furan rings is 1. The second-order valence-electron chi connectivity index (χ2n) is 7.40. The summed E-state index contributed by atoms with van der Waals surface area (Å²) < 4.78 is 6.19. The third kappa shape index (κ3) is 3.76. The highest BCUT2D eigenvalue weighted by Gasteiger charge is 2.17. The van der Waals surface area contributed by atoms with E-state index >= 15 is 0 Å². The van der Waals surface area contributed by atoms with Crippen LogP contribution in [0.5, 0.6) is 0 Å². The number of benzene rings is 1. The first-order chi connectivity index (χ1) is 14.7. The highest BCUT2D eigenvalue weighted by molar-refractivity contribution is 9.10. The van der Waals surface area contributed by atoms with Crippen LogP contribution in [0.2, 0.25) is 0 Å². The lowest BCUT2D eigenvalue weighted by molar-refractivity contribution is 0.102. The molecule has 152 valence electrons. The minimum atomic E-state index is -0.206. The van der Waals surface area contributed by atoms with Gasteiger partial charge in [0.1, 0.15) is 5.69 Å². The minimum absolute atomic E-state index is 0.206. The summed E-state index contributed by atoms with van der Waals surface area (Å²) >= 11 is 3.53. The second-order valence-corrected chi connectivity index (χ2v) is 8.25. The average molecular weight is 466 g/mol. The molecule has 5 rings (SSSR count). The lowest BCUT2D eigenvalue weighted by Crippen LogP contribution is -2.18. The summed E-state index contributed by atoms with van der Waals surface area (Å²) in [5, 5.41) is 10.7. The molecule has 1 saturated heterocycles. The fourth-order valence-corrected chi connectivity index (χ4v) is 4.26.